The Labute approximate surface area is 107 Å². The number of rotatable bonds is 4. The van der Waals surface area contributed by atoms with Gasteiger partial charge in [0.15, 0.2) is 0 Å². The summed E-state index contributed by atoms with van der Waals surface area (Å²) in [6.07, 6.45) is 0.178. The second kappa shape index (κ2) is 5.12. The zero-order chi connectivity index (χ0) is 13.1. The highest BCUT2D eigenvalue weighted by Crippen LogP contribution is 2.17. The van der Waals surface area contributed by atoms with Crippen molar-refractivity contribution in [1.29, 1.82) is 0 Å². The molecule has 0 atom stereocenters. The lowest BCUT2D eigenvalue weighted by molar-refractivity contribution is 0.242. The van der Waals surface area contributed by atoms with E-state index >= 15 is 0 Å². The first-order valence-electron chi connectivity index (χ1n) is 6.10. The molecule has 0 amide bonds. The molecular weight excluding hydrogens is 226 g/mol. The van der Waals surface area contributed by atoms with E-state index in [0.29, 0.717) is 12.4 Å². The largest absolute Gasteiger partial charge is 0.491 e. The predicted molar refractivity (Wildman–Crippen MR) is 72.7 cm³/mol. The highest BCUT2D eigenvalue weighted by Gasteiger charge is 2.04. The van der Waals surface area contributed by atoms with E-state index in [1.54, 1.807) is 4.68 Å². The number of nitrogen functional groups attached to an aromatic ring is 1. The summed E-state index contributed by atoms with van der Waals surface area (Å²) >= 11 is 0. The van der Waals surface area contributed by atoms with Crippen molar-refractivity contribution in [3.05, 3.63) is 41.6 Å². The number of hydrogen-bond donors (Lipinski definition) is 1. The van der Waals surface area contributed by atoms with Gasteiger partial charge in [-0.25, -0.2) is 4.68 Å². The molecule has 1 heterocycles. The van der Waals surface area contributed by atoms with Crippen molar-refractivity contribution in [2.75, 3.05) is 5.73 Å². The van der Waals surface area contributed by atoms with Gasteiger partial charge in [0, 0.05) is 6.07 Å². The predicted octanol–water partition coefficient (Wildman–Crippen LogP) is 2.61. The van der Waals surface area contributed by atoms with Crippen LogP contribution in [0, 0.1) is 6.92 Å². The SMILES string of the molecule is Cc1cc(N)n(Cc2cccc(OC(C)C)c2)n1. The van der Waals surface area contributed by atoms with Crippen molar-refractivity contribution < 1.29 is 4.74 Å². The van der Waals surface area contributed by atoms with Gasteiger partial charge in [0.2, 0.25) is 0 Å². The minimum atomic E-state index is 0.178. The van der Waals surface area contributed by atoms with Crippen LogP contribution in [0.5, 0.6) is 5.75 Å². The fourth-order valence-corrected chi connectivity index (χ4v) is 1.85. The van der Waals surface area contributed by atoms with Gasteiger partial charge < -0.3 is 10.5 Å². The maximum Gasteiger partial charge on any atom is 0.122 e. The Morgan fingerprint density at radius 3 is 2.72 bits per heavy atom. The normalized spacial score (nSPS) is 10.9. The molecule has 0 spiro atoms. The minimum Gasteiger partial charge on any atom is -0.491 e. The van der Waals surface area contributed by atoms with E-state index in [-0.39, 0.29) is 6.10 Å². The van der Waals surface area contributed by atoms with Gasteiger partial charge in [-0.15, -0.1) is 0 Å². The van der Waals surface area contributed by atoms with Crippen molar-refractivity contribution in [1.82, 2.24) is 9.78 Å². The fourth-order valence-electron chi connectivity index (χ4n) is 1.85. The average Bonchev–Trinajstić information content (AvgIpc) is 2.57. The number of aromatic nitrogens is 2. The van der Waals surface area contributed by atoms with Crippen molar-refractivity contribution in [2.24, 2.45) is 0 Å². The number of hydrogen-bond acceptors (Lipinski definition) is 3. The minimum absolute atomic E-state index is 0.178. The summed E-state index contributed by atoms with van der Waals surface area (Å²) in [7, 11) is 0. The van der Waals surface area contributed by atoms with E-state index in [4.69, 9.17) is 10.5 Å². The van der Waals surface area contributed by atoms with Gasteiger partial charge in [0.05, 0.1) is 18.3 Å². The van der Waals surface area contributed by atoms with E-state index in [1.165, 1.54) is 0 Å². The van der Waals surface area contributed by atoms with Gasteiger partial charge in [-0.1, -0.05) is 12.1 Å². The Kier molecular flexibility index (Phi) is 3.55. The van der Waals surface area contributed by atoms with Gasteiger partial charge in [0.25, 0.3) is 0 Å². The number of ether oxygens (including phenoxy) is 1. The maximum absolute atomic E-state index is 5.88. The van der Waals surface area contributed by atoms with Crippen LogP contribution in [0.1, 0.15) is 25.1 Å². The summed E-state index contributed by atoms with van der Waals surface area (Å²) in [4.78, 5) is 0. The first-order valence-corrected chi connectivity index (χ1v) is 6.10. The van der Waals surface area contributed by atoms with E-state index in [0.717, 1.165) is 17.0 Å². The fraction of sp³-hybridized carbons (Fsp3) is 0.357. The average molecular weight is 245 g/mol. The molecule has 1 aromatic carbocycles. The molecule has 1 aromatic heterocycles. The summed E-state index contributed by atoms with van der Waals surface area (Å²) in [6.45, 7) is 6.63. The van der Waals surface area contributed by atoms with E-state index < -0.39 is 0 Å². The van der Waals surface area contributed by atoms with Crippen molar-refractivity contribution >= 4 is 5.82 Å². The summed E-state index contributed by atoms with van der Waals surface area (Å²) in [5.41, 5.74) is 7.94. The molecule has 0 saturated heterocycles. The number of anilines is 1. The molecule has 0 radical (unpaired) electrons. The summed E-state index contributed by atoms with van der Waals surface area (Å²) in [6, 6.07) is 9.88. The molecule has 4 heteroatoms. The van der Waals surface area contributed by atoms with Crippen LogP contribution in [0.15, 0.2) is 30.3 Å². The van der Waals surface area contributed by atoms with Crippen LogP contribution < -0.4 is 10.5 Å². The molecule has 0 fully saturated rings. The Hall–Kier alpha value is -1.97. The third kappa shape index (κ3) is 3.03. The summed E-state index contributed by atoms with van der Waals surface area (Å²) < 4.78 is 7.46. The molecule has 0 saturated carbocycles. The summed E-state index contributed by atoms with van der Waals surface area (Å²) in [5, 5.41) is 4.35. The van der Waals surface area contributed by atoms with Crippen molar-refractivity contribution in [3.63, 3.8) is 0 Å². The van der Waals surface area contributed by atoms with Crippen LogP contribution in [0.2, 0.25) is 0 Å². The second-order valence-electron chi connectivity index (χ2n) is 4.68. The standard InChI is InChI=1S/C14H19N3O/c1-10(2)18-13-6-4-5-12(8-13)9-17-14(15)7-11(3)16-17/h4-8,10H,9,15H2,1-3H3. The monoisotopic (exact) mass is 245 g/mol. The Bertz CT molecular complexity index is 532. The van der Waals surface area contributed by atoms with E-state index in [1.807, 2.05) is 51.1 Å². The van der Waals surface area contributed by atoms with Gasteiger partial charge >= 0.3 is 0 Å². The van der Waals surface area contributed by atoms with Gasteiger partial charge in [-0.2, -0.15) is 5.10 Å². The quantitative estimate of drug-likeness (QED) is 0.900. The highest BCUT2D eigenvalue weighted by atomic mass is 16.5. The van der Waals surface area contributed by atoms with Crippen LogP contribution in [0.3, 0.4) is 0 Å². The van der Waals surface area contributed by atoms with Crippen LogP contribution in [-0.4, -0.2) is 15.9 Å². The first-order chi connectivity index (χ1) is 8.54. The van der Waals surface area contributed by atoms with Gasteiger partial charge in [-0.3, -0.25) is 0 Å². The molecule has 0 aliphatic rings. The highest BCUT2D eigenvalue weighted by molar-refractivity contribution is 5.33. The Morgan fingerprint density at radius 2 is 2.11 bits per heavy atom. The van der Waals surface area contributed by atoms with Gasteiger partial charge in [-0.05, 0) is 38.5 Å². The van der Waals surface area contributed by atoms with Crippen LogP contribution >= 0.6 is 0 Å². The van der Waals surface area contributed by atoms with Gasteiger partial charge in [0.1, 0.15) is 11.6 Å². The van der Waals surface area contributed by atoms with Crippen LogP contribution in [0.4, 0.5) is 5.82 Å². The molecular formula is C14H19N3O. The zero-order valence-corrected chi connectivity index (χ0v) is 11.1. The molecule has 96 valence electrons. The maximum atomic E-state index is 5.88. The third-order valence-electron chi connectivity index (χ3n) is 2.54. The molecule has 2 rings (SSSR count). The first kappa shape index (κ1) is 12.5. The lowest BCUT2D eigenvalue weighted by atomic mass is 10.2. The van der Waals surface area contributed by atoms with Crippen LogP contribution in [0.25, 0.3) is 0 Å². The number of benzene rings is 1. The second-order valence-corrected chi connectivity index (χ2v) is 4.68. The number of nitrogens with two attached hydrogens (primary N) is 1. The number of nitrogens with zero attached hydrogens (tertiary/aromatic N) is 2. The Balaban J connectivity index is 2.16. The molecule has 0 aliphatic heterocycles. The Morgan fingerprint density at radius 1 is 1.33 bits per heavy atom. The molecule has 0 bridgehead atoms. The zero-order valence-electron chi connectivity index (χ0n) is 11.1. The number of aryl methyl sites for hydroxylation is 1. The molecule has 0 aliphatic carbocycles. The molecule has 2 aromatic rings. The molecule has 0 unspecified atom stereocenters. The molecule has 18 heavy (non-hydrogen) atoms. The molecule has 4 nitrogen and oxygen atoms in total. The van der Waals surface area contributed by atoms with Crippen molar-refractivity contribution in [3.8, 4) is 5.75 Å². The lowest BCUT2D eigenvalue weighted by Gasteiger charge is -2.11. The van der Waals surface area contributed by atoms with Crippen LogP contribution in [-0.2, 0) is 6.54 Å². The smallest absolute Gasteiger partial charge is 0.122 e. The topological polar surface area (TPSA) is 53.1 Å². The van der Waals surface area contributed by atoms with E-state index in [2.05, 4.69) is 5.10 Å². The lowest BCUT2D eigenvalue weighted by Crippen LogP contribution is -2.08. The van der Waals surface area contributed by atoms with E-state index in [9.17, 15) is 0 Å². The van der Waals surface area contributed by atoms with Crippen molar-refractivity contribution in [2.45, 2.75) is 33.4 Å². The molecule has 2 N–H and O–H groups in total. The summed E-state index contributed by atoms with van der Waals surface area (Å²) in [5.74, 6) is 1.56. The third-order valence-corrected chi connectivity index (χ3v) is 2.54.